The molecule has 2 fully saturated rings. The van der Waals surface area contributed by atoms with Crippen LogP contribution in [-0.4, -0.2) is 50.7 Å². The molecule has 12 heteroatoms. The molecule has 1 saturated carbocycles. The van der Waals surface area contributed by atoms with Crippen LogP contribution in [0.25, 0.3) is 11.3 Å². The van der Waals surface area contributed by atoms with Crippen LogP contribution in [-0.2, 0) is 11.0 Å². The number of nitrogens with one attached hydrogen (secondary N) is 3. The van der Waals surface area contributed by atoms with E-state index < -0.39 is 34.0 Å². The zero-order chi connectivity index (χ0) is 26.3. The van der Waals surface area contributed by atoms with E-state index >= 15 is 0 Å². The molecule has 0 amide bonds. The highest BCUT2D eigenvalue weighted by Gasteiger charge is 2.44. The smallest absolute Gasteiger partial charge is 0.228 e. The molecule has 2 aliphatic rings. The zero-order valence-electron chi connectivity index (χ0n) is 20.4. The van der Waals surface area contributed by atoms with Crippen molar-refractivity contribution < 1.29 is 22.1 Å². The fourth-order valence-electron chi connectivity index (χ4n) is 3.57. The molecule has 1 aliphatic heterocycles. The molecule has 1 unspecified atom stereocenters. The molecular weight excluding hydrogens is 505 g/mol. The Morgan fingerprint density at radius 3 is 2.49 bits per heavy atom. The van der Waals surface area contributed by atoms with E-state index in [2.05, 4.69) is 30.3 Å². The van der Waals surface area contributed by atoms with Gasteiger partial charge in [0.1, 0.15) is 16.7 Å². The lowest BCUT2D eigenvalue weighted by Crippen LogP contribution is -2.21. The molecule has 8 nitrogen and oxygen atoms in total. The van der Waals surface area contributed by atoms with E-state index in [0.29, 0.717) is 30.0 Å². The van der Waals surface area contributed by atoms with Crippen LogP contribution in [0.2, 0.25) is 0 Å². The number of pyridine rings is 1. The molecule has 0 spiro atoms. The van der Waals surface area contributed by atoms with Gasteiger partial charge in [-0.3, -0.25) is 0 Å². The first-order valence-corrected chi connectivity index (χ1v) is 13.4. The van der Waals surface area contributed by atoms with Crippen molar-refractivity contribution in [1.82, 2.24) is 20.3 Å². The van der Waals surface area contributed by atoms with Gasteiger partial charge in [-0.2, -0.15) is 4.39 Å². The van der Waals surface area contributed by atoms with Crippen LogP contribution in [0.1, 0.15) is 32.1 Å². The standard InChI is InChI=1S/C20H18F3N5O2S.C5H11N/c1-24-19-26-10-6-13(27-19)12-3-2-9-25-18(12)30-15-5-4-14(16(21)17(15)22)28-31(29)11-20(23)7-8-20;1-2-4-6-5-3-1/h2-6,9-10,28H,7-8,11H2,1H3,(H,24,26,27);6H,1-5H2. The lowest BCUT2D eigenvalue weighted by molar-refractivity contribution is 0.344. The summed E-state index contributed by atoms with van der Waals surface area (Å²) in [5.41, 5.74) is -0.915. The molecule has 3 heterocycles. The Kier molecular flexibility index (Phi) is 8.93. The van der Waals surface area contributed by atoms with E-state index in [1.165, 1.54) is 56.9 Å². The molecule has 2 aromatic heterocycles. The first-order chi connectivity index (χ1) is 17.9. The number of halogens is 3. The van der Waals surface area contributed by atoms with E-state index in [4.69, 9.17) is 4.74 Å². The molecule has 37 heavy (non-hydrogen) atoms. The number of nitrogens with zero attached hydrogens (tertiary/aromatic N) is 3. The number of rotatable bonds is 8. The summed E-state index contributed by atoms with van der Waals surface area (Å²) in [7, 11) is -0.213. The molecule has 1 saturated heterocycles. The van der Waals surface area contributed by atoms with Crippen LogP contribution in [0.5, 0.6) is 11.6 Å². The molecular formula is C25H29F3N6O2S. The van der Waals surface area contributed by atoms with Gasteiger partial charge >= 0.3 is 0 Å². The van der Waals surface area contributed by atoms with Gasteiger partial charge in [-0.05, 0) is 69.1 Å². The second kappa shape index (κ2) is 12.3. The number of benzene rings is 1. The first-order valence-electron chi connectivity index (χ1n) is 12.1. The number of anilines is 2. The molecule has 5 rings (SSSR count). The van der Waals surface area contributed by atoms with Gasteiger partial charge in [0, 0.05) is 19.4 Å². The van der Waals surface area contributed by atoms with E-state index in [1.807, 2.05) is 0 Å². The largest absolute Gasteiger partial charge is 0.435 e. The summed E-state index contributed by atoms with van der Waals surface area (Å²) < 4.78 is 62.7. The quantitative estimate of drug-likeness (QED) is 0.374. The maximum Gasteiger partial charge on any atom is 0.228 e. The van der Waals surface area contributed by atoms with Crippen LogP contribution in [0.4, 0.5) is 24.8 Å². The van der Waals surface area contributed by atoms with Gasteiger partial charge in [0.25, 0.3) is 0 Å². The third-order valence-electron chi connectivity index (χ3n) is 5.79. The maximum absolute atomic E-state index is 14.6. The minimum absolute atomic E-state index is 0.0129. The lowest BCUT2D eigenvalue weighted by Gasteiger charge is -2.13. The van der Waals surface area contributed by atoms with Crippen LogP contribution < -0.4 is 20.1 Å². The predicted molar refractivity (Wildman–Crippen MR) is 138 cm³/mol. The Hall–Kier alpha value is -3.25. The SMILES string of the molecule is C1CCNCC1.CNc1nccc(-c2cccnc2Oc2ccc(NS(=O)CC3(F)CC3)c(F)c2F)n1. The van der Waals surface area contributed by atoms with Crippen molar-refractivity contribution in [3.05, 3.63) is 54.4 Å². The summed E-state index contributed by atoms with van der Waals surface area (Å²) in [5.74, 6) is -2.89. The van der Waals surface area contributed by atoms with Crippen molar-refractivity contribution >= 4 is 22.6 Å². The van der Waals surface area contributed by atoms with Gasteiger partial charge in [0.15, 0.2) is 11.6 Å². The van der Waals surface area contributed by atoms with Crippen molar-refractivity contribution in [2.45, 2.75) is 37.8 Å². The lowest BCUT2D eigenvalue weighted by atomic mass is 10.2. The molecule has 3 N–H and O–H groups in total. The summed E-state index contributed by atoms with van der Waals surface area (Å²) in [6.07, 6.45) is 7.83. The fourth-order valence-corrected chi connectivity index (χ4v) is 4.80. The van der Waals surface area contributed by atoms with Crippen LogP contribution in [0.15, 0.2) is 42.7 Å². The Morgan fingerprint density at radius 2 is 1.84 bits per heavy atom. The average molecular weight is 535 g/mol. The van der Waals surface area contributed by atoms with Crippen molar-refractivity contribution in [2.75, 3.05) is 35.9 Å². The zero-order valence-corrected chi connectivity index (χ0v) is 21.2. The van der Waals surface area contributed by atoms with Gasteiger partial charge in [-0.15, -0.1) is 0 Å². The Labute approximate surface area is 216 Å². The molecule has 0 bridgehead atoms. The Balaban J connectivity index is 0.000000469. The molecule has 1 aromatic carbocycles. The third-order valence-corrected chi connectivity index (χ3v) is 7.02. The second-order valence-corrected chi connectivity index (χ2v) is 9.95. The summed E-state index contributed by atoms with van der Waals surface area (Å²) in [4.78, 5) is 12.4. The van der Waals surface area contributed by atoms with Gasteiger partial charge in [0.05, 0.1) is 22.7 Å². The maximum atomic E-state index is 14.6. The Bertz CT molecular complexity index is 1230. The summed E-state index contributed by atoms with van der Waals surface area (Å²) in [6.45, 7) is 2.50. The second-order valence-electron chi connectivity index (χ2n) is 8.77. The minimum atomic E-state index is -1.88. The van der Waals surface area contributed by atoms with Crippen LogP contribution in [0.3, 0.4) is 0 Å². The fraction of sp³-hybridized carbons (Fsp3) is 0.400. The van der Waals surface area contributed by atoms with Crippen LogP contribution >= 0.6 is 0 Å². The summed E-state index contributed by atoms with van der Waals surface area (Å²) in [6, 6.07) is 7.30. The van der Waals surface area contributed by atoms with E-state index in [-0.39, 0.29) is 17.3 Å². The minimum Gasteiger partial charge on any atom is -0.435 e. The first kappa shape index (κ1) is 26.8. The monoisotopic (exact) mass is 534 g/mol. The van der Waals surface area contributed by atoms with Crippen LogP contribution in [0, 0.1) is 11.6 Å². The van der Waals surface area contributed by atoms with Gasteiger partial charge in [-0.25, -0.2) is 27.9 Å². The van der Waals surface area contributed by atoms with E-state index in [9.17, 15) is 17.4 Å². The predicted octanol–water partition coefficient (Wildman–Crippen LogP) is 4.99. The van der Waals surface area contributed by atoms with Crippen molar-refractivity contribution in [2.24, 2.45) is 0 Å². The molecule has 1 aliphatic carbocycles. The molecule has 0 radical (unpaired) electrons. The van der Waals surface area contributed by atoms with Crippen molar-refractivity contribution in [3.63, 3.8) is 0 Å². The van der Waals surface area contributed by atoms with Gasteiger partial charge < -0.3 is 20.1 Å². The number of hydrogen-bond acceptors (Lipinski definition) is 7. The van der Waals surface area contributed by atoms with Crippen molar-refractivity contribution in [3.8, 4) is 22.9 Å². The Morgan fingerprint density at radius 1 is 1.05 bits per heavy atom. The highest BCUT2D eigenvalue weighted by atomic mass is 32.2. The van der Waals surface area contributed by atoms with Gasteiger partial charge in [0.2, 0.25) is 17.6 Å². The normalized spacial score (nSPS) is 16.6. The molecule has 1 atom stereocenters. The number of alkyl halides is 1. The number of piperidine rings is 1. The number of ether oxygens (including phenoxy) is 1. The summed E-state index contributed by atoms with van der Waals surface area (Å²) >= 11 is 0. The van der Waals surface area contributed by atoms with E-state index in [0.717, 1.165) is 0 Å². The third kappa shape index (κ3) is 7.39. The van der Waals surface area contributed by atoms with Crippen molar-refractivity contribution in [1.29, 1.82) is 0 Å². The average Bonchev–Trinajstić information content (AvgIpc) is 3.66. The summed E-state index contributed by atoms with van der Waals surface area (Å²) in [5, 5.41) is 6.10. The molecule has 3 aromatic rings. The topological polar surface area (TPSA) is 101 Å². The number of aromatic nitrogens is 3. The van der Waals surface area contributed by atoms with E-state index in [1.54, 1.807) is 25.2 Å². The highest BCUT2D eigenvalue weighted by Crippen LogP contribution is 2.40. The van der Waals surface area contributed by atoms with Gasteiger partial charge in [-0.1, -0.05) is 6.42 Å². The highest BCUT2D eigenvalue weighted by molar-refractivity contribution is 7.86. The number of hydrogen-bond donors (Lipinski definition) is 3. The molecule has 198 valence electrons.